The highest BCUT2D eigenvalue weighted by Crippen LogP contribution is 2.18. The highest BCUT2D eigenvalue weighted by Gasteiger charge is 2.06. The van der Waals surface area contributed by atoms with E-state index in [4.69, 9.17) is 4.42 Å². The van der Waals surface area contributed by atoms with Crippen LogP contribution in [0.5, 0.6) is 0 Å². The summed E-state index contributed by atoms with van der Waals surface area (Å²) < 4.78 is 5.58. The number of aryl methyl sites for hydroxylation is 1. The molecular formula is C14H19N3O. The predicted octanol–water partition coefficient (Wildman–Crippen LogP) is 3.05. The Morgan fingerprint density at radius 3 is 2.83 bits per heavy atom. The van der Waals surface area contributed by atoms with Gasteiger partial charge in [0.25, 0.3) is 0 Å². The third kappa shape index (κ3) is 3.03. The minimum absolute atomic E-state index is 0.753. The molecule has 2 heterocycles. The Morgan fingerprint density at radius 2 is 2.17 bits per heavy atom. The first-order valence-corrected chi connectivity index (χ1v) is 6.15. The molecule has 4 heteroatoms. The Bertz CT molecular complexity index is 507. The van der Waals surface area contributed by atoms with E-state index in [1.165, 1.54) is 0 Å². The van der Waals surface area contributed by atoms with Gasteiger partial charge in [0.1, 0.15) is 17.3 Å². The number of nitrogens with zero attached hydrogens (tertiary/aromatic N) is 2. The zero-order valence-corrected chi connectivity index (χ0v) is 11.1. The van der Waals surface area contributed by atoms with E-state index in [-0.39, 0.29) is 0 Å². The third-order valence-electron chi connectivity index (χ3n) is 2.73. The highest BCUT2D eigenvalue weighted by atomic mass is 16.3. The maximum atomic E-state index is 5.58. The molecule has 0 amide bonds. The zero-order valence-electron chi connectivity index (χ0n) is 11.1. The molecule has 0 aliphatic carbocycles. The van der Waals surface area contributed by atoms with Crippen molar-refractivity contribution in [1.82, 2.24) is 4.98 Å². The van der Waals surface area contributed by atoms with E-state index in [0.717, 1.165) is 36.1 Å². The SMILES string of the molecule is CCNc1cc(N(C)Cc2ccc(C)o2)ccn1. The van der Waals surface area contributed by atoms with Crippen molar-refractivity contribution in [2.45, 2.75) is 20.4 Å². The van der Waals surface area contributed by atoms with E-state index in [0.29, 0.717) is 0 Å². The molecule has 96 valence electrons. The number of hydrogen-bond acceptors (Lipinski definition) is 4. The Labute approximate surface area is 108 Å². The number of furan rings is 1. The van der Waals surface area contributed by atoms with Crippen molar-refractivity contribution in [2.24, 2.45) is 0 Å². The number of aromatic nitrogens is 1. The summed E-state index contributed by atoms with van der Waals surface area (Å²) in [4.78, 5) is 6.40. The lowest BCUT2D eigenvalue weighted by Gasteiger charge is -2.18. The van der Waals surface area contributed by atoms with Gasteiger partial charge < -0.3 is 14.6 Å². The molecule has 0 bridgehead atoms. The molecular weight excluding hydrogens is 226 g/mol. The summed E-state index contributed by atoms with van der Waals surface area (Å²) in [5, 5.41) is 3.21. The van der Waals surface area contributed by atoms with Crippen LogP contribution in [0.2, 0.25) is 0 Å². The van der Waals surface area contributed by atoms with Crippen LogP contribution in [-0.4, -0.2) is 18.6 Å². The minimum atomic E-state index is 0.753. The number of pyridine rings is 1. The standard InChI is InChI=1S/C14H19N3O/c1-4-15-14-9-12(7-8-16-14)17(3)10-13-6-5-11(2)18-13/h5-9H,4,10H2,1-3H3,(H,15,16). The number of hydrogen-bond donors (Lipinski definition) is 1. The molecule has 0 spiro atoms. The summed E-state index contributed by atoms with van der Waals surface area (Å²) in [7, 11) is 2.04. The Kier molecular flexibility index (Phi) is 3.87. The smallest absolute Gasteiger partial charge is 0.127 e. The predicted molar refractivity (Wildman–Crippen MR) is 74.0 cm³/mol. The molecule has 2 aromatic heterocycles. The lowest BCUT2D eigenvalue weighted by Crippen LogP contribution is -2.16. The first-order chi connectivity index (χ1) is 8.69. The second-order valence-corrected chi connectivity index (χ2v) is 4.30. The van der Waals surface area contributed by atoms with Crippen LogP contribution in [0.1, 0.15) is 18.4 Å². The van der Waals surface area contributed by atoms with Crippen molar-refractivity contribution >= 4 is 11.5 Å². The lowest BCUT2D eigenvalue weighted by molar-refractivity contribution is 0.482. The molecule has 0 saturated carbocycles. The van der Waals surface area contributed by atoms with Crippen molar-refractivity contribution in [3.63, 3.8) is 0 Å². The van der Waals surface area contributed by atoms with Gasteiger partial charge in [0.2, 0.25) is 0 Å². The normalized spacial score (nSPS) is 10.4. The van der Waals surface area contributed by atoms with Crippen LogP contribution < -0.4 is 10.2 Å². The molecule has 0 atom stereocenters. The molecule has 0 saturated heterocycles. The van der Waals surface area contributed by atoms with Gasteiger partial charge in [0.15, 0.2) is 0 Å². The van der Waals surface area contributed by atoms with E-state index in [1.807, 2.05) is 44.4 Å². The molecule has 2 rings (SSSR count). The van der Waals surface area contributed by atoms with E-state index in [2.05, 4.69) is 22.1 Å². The van der Waals surface area contributed by atoms with Gasteiger partial charge in [-0.3, -0.25) is 0 Å². The maximum Gasteiger partial charge on any atom is 0.127 e. The Balaban J connectivity index is 2.08. The highest BCUT2D eigenvalue weighted by molar-refractivity contribution is 5.53. The van der Waals surface area contributed by atoms with Gasteiger partial charge in [-0.05, 0) is 32.0 Å². The van der Waals surface area contributed by atoms with Gasteiger partial charge in [-0.15, -0.1) is 0 Å². The van der Waals surface area contributed by atoms with Crippen molar-refractivity contribution in [2.75, 3.05) is 23.8 Å². The molecule has 4 nitrogen and oxygen atoms in total. The van der Waals surface area contributed by atoms with E-state index in [9.17, 15) is 0 Å². The molecule has 18 heavy (non-hydrogen) atoms. The first-order valence-electron chi connectivity index (χ1n) is 6.15. The van der Waals surface area contributed by atoms with E-state index < -0.39 is 0 Å². The molecule has 0 aromatic carbocycles. The summed E-state index contributed by atoms with van der Waals surface area (Å²) in [6.07, 6.45) is 1.82. The van der Waals surface area contributed by atoms with Gasteiger partial charge in [0.05, 0.1) is 6.54 Å². The zero-order chi connectivity index (χ0) is 13.0. The molecule has 0 aliphatic heterocycles. The van der Waals surface area contributed by atoms with Crippen LogP contribution in [-0.2, 0) is 6.54 Å². The fourth-order valence-electron chi connectivity index (χ4n) is 1.83. The fraction of sp³-hybridized carbons (Fsp3) is 0.357. The van der Waals surface area contributed by atoms with Crippen LogP contribution in [0, 0.1) is 6.92 Å². The quantitative estimate of drug-likeness (QED) is 0.879. The first kappa shape index (κ1) is 12.5. The molecule has 1 N–H and O–H groups in total. The van der Waals surface area contributed by atoms with Crippen molar-refractivity contribution in [3.05, 3.63) is 42.0 Å². The minimum Gasteiger partial charge on any atom is -0.464 e. The fourth-order valence-corrected chi connectivity index (χ4v) is 1.83. The Morgan fingerprint density at radius 1 is 1.33 bits per heavy atom. The van der Waals surface area contributed by atoms with Gasteiger partial charge in [-0.25, -0.2) is 4.98 Å². The number of nitrogens with one attached hydrogen (secondary N) is 1. The summed E-state index contributed by atoms with van der Waals surface area (Å²) in [5.41, 5.74) is 1.12. The van der Waals surface area contributed by atoms with Crippen LogP contribution in [0.25, 0.3) is 0 Å². The Hall–Kier alpha value is -1.97. The third-order valence-corrected chi connectivity index (χ3v) is 2.73. The maximum absolute atomic E-state index is 5.58. The van der Waals surface area contributed by atoms with Crippen molar-refractivity contribution in [1.29, 1.82) is 0 Å². The average Bonchev–Trinajstić information content (AvgIpc) is 2.75. The van der Waals surface area contributed by atoms with Gasteiger partial charge >= 0.3 is 0 Å². The summed E-state index contributed by atoms with van der Waals surface area (Å²) in [6.45, 7) is 5.64. The average molecular weight is 245 g/mol. The number of rotatable bonds is 5. The monoisotopic (exact) mass is 245 g/mol. The topological polar surface area (TPSA) is 41.3 Å². The van der Waals surface area contributed by atoms with E-state index >= 15 is 0 Å². The molecule has 0 radical (unpaired) electrons. The van der Waals surface area contributed by atoms with Crippen LogP contribution in [0.4, 0.5) is 11.5 Å². The second-order valence-electron chi connectivity index (χ2n) is 4.30. The van der Waals surface area contributed by atoms with Crippen LogP contribution in [0.3, 0.4) is 0 Å². The largest absolute Gasteiger partial charge is 0.464 e. The summed E-state index contributed by atoms with van der Waals surface area (Å²) in [6, 6.07) is 8.04. The summed E-state index contributed by atoms with van der Waals surface area (Å²) in [5.74, 6) is 2.82. The van der Waals surface area contributed by atoms with Crippen molar-refractivity contribution < 1.29 is 4.42 Å². The van der Waals surface area contributed by atoms with Gasteiger partial charge in [0, 0.05) is 31.5 Å². The van der Waals surface area contributed by atoms with Crippen LogP contribution in [0.15, 0.2) is 34.9 Å². The number of anilines is 2. The van der Waals surface area contributed by atoms with E-state index in [1.54, 1.807) is 0 Å². The molecule has 0 unspecified atom stereocenters. The molecule has 0 aliphatic rings. The van der Waals surface area contributed by atoms with Gasteiger partial charge in [-0.2, -0.15) is 0 Å². The molecule has 0 fully saturated rings. The molecule has 2 aromatic rings. The summed E-state index contributed by atoms with van der Waals surface area (Å²) >= 11 is 0. The van der Waals surface area contributed by atoms with Gasteiger partial charge in [-0.1, -0.05) is 0 Å². The van der Waals surface area contributed by atoms with Crippen molar-refractivity contribution in [3.8, 4) is 0 Å². The lowest BCUT2D eigenvalue weighted by atomic mass is 10.3. The van der Waals surface area contributed by atoms with Crippen LogP contribution >= 0.6 is 0 Å². The second kappa shape index (κ2) is 5.58.